The summed E-state index contributed by atoms with van der Waals surface area (Å²) in [6.07, 6.45) is -0.264. The van der Waals surface area contributed by atoms with Crippen LogP contribution < -0.4 is 20.1 Å². The van der Waals surface area contributed by atoms with E-state index in [4.69, 9.17) is 18.7 Å². The van der Waals surface area contributed by atoms with Crippen molar-refractivity contribution in [3.63, 3.8) is 0 Å². The molecule has 2 amide bonds. The van der Waals surface area contributed by atoms with Crippen LogP contribution in [0.1, 0.15) is 18.6 Å². The summed E-state index contributed by atoms with van der Waals surface area (Å²) < 4.78 is 20.7. The second-order valence-corrected chi connectivity index (χ2v) is 6.86. The van der Waals surface area contributed by atoms with Gasteiger partial charge in [0, 0.05) is 18.2 Å². The fraction of sp³-hybridized carbons (Fsp3) is 0.217. The SMILES string of the molecule is COc1ccccc1Oc1ccc(NC(=O)CCC(=O)OCC(=O)Nc2cc(C)on2)cc1. The van der Waals surface area contributed by atoms with Gasteiger partial charge >= 0.3 is 5.97 Å². The zero-order valence-electron chi connectivity index (χ0n) is 18.1. The van der Waals surface area contributed by atoms with E-state index in [1.54, 1.807) is 50.4 Å². The van der Waals surface area contributed by atoms with Gasteiger partial charge in [0.1, 0.15) is 11.5 Å². The van der Waals surface area contributed by atoms with E-state index >= 15 is 0 Å². The molecule has 3 aromatic rings. The highest BCUT2D eigenvalue weighted by atomic mass is 16.5. The van der Waals surface area contributed by atoms with Crippen molar-refractivity contribution in [3.05, 3.63) is 60.4 Å². The molecule has 2 N–H and O–H groups in total. The number of aromatic nitrogens is 1. The number of esters is 1. The molecule has 0 aliphatic heterocycles. The van der Waals surface area contributed by atoms with Crippen LogP contribution in [0.4, 0.5) is 11.5 Å². The number of hydrogen-bond acceptors (Lipinski definition) is 8. The molecule has 0 bridgehead atoms. The third-order valence-corrected chi connectivity index (χ3v) is 4.25. The molecular formula is C23H23N3O7. The van der Waals surface area contributed by atoms with Crippen LogP contribution in [0, 0.1) is 6.92 Å². The molecule has 10 nitrogen and oxygen atoms in total. The first-order valence-corrected chi connectivity index (χ1v) is 10.0. The number of nitrogens with one attached hydrogen (secondary N) is 2. The van der Waals surface area contributed by atoms with E-state index in [1.807, 2.05) is 12.1 Å². The molecule has 3 rings (SSSR count). The lowest BCUT2D eigenvalue weighted by Crippen LogP contribution is -2.21. The van der Waals surface area contributed by atoms with Gasteiger partial charge in [-0.3, -0.25) is 14.4 Å². The number of nitrogens with zero attached hydrogens (tertiary/aromatic N) is 1. The van der Waals surface area contributed by atoms with Crippen LogP contribution in [0.3, 0.4) is 0 Å². The summed E-state index contributed by atoms with van der Waals surface area (Å²) in [7, 11) is 1.56. The van der Waals surface area contributed by atoms with E-state index in [0.717, 1.165) is 0 Å². The Morgan fingerprint density at radius 3 is 2.33 bits per heavy atom. The van der Waals surface area contributed by atoms with Crippen molar-refractivity contribution in [2.45, 2.75) is 19.8 Å². The Bertz CT molecular complexity index is 1110. The van der Waals surface area contributed by atoms with Crippen molar-refractivity contribution in [3.8, 4) is 17.2 Å². The maximum absolute atomic E-state index is 12.1. The second kappa shape index (κ2) is 11.3. The molecule has 10 heteroatoms. The highest BCUT2D eigenvalue weighted by molar-refractivity contribution is 5.94. The van der Waals surface area contributed by atoms with Gasteiger partial charge in [-0.2, -0.15) is 0 Å². The first-order valence-electron chi connectivity index (χ1n) is 10.0. The zero-order chi connectivity index (χ0) is 23.6. The van der Waals surface area contributed by atoms with Crippen LogP contribution >= 0.6 is 0 Å². The molecule has 2 aromatic carbocycles. The Labute approximate surface area is 189 Å². The van der Waals surface area contributed by atoms with Crippen molar-refractivity contribution >= 4 is 29.3 Å². The maximum atomic E-state index is 12.1. The number of ether oxygens (including phenoxy) is 3. The molecule has 0 spiro atoms. The lowest BCUT2D eigenvalue weighted by atomic mass is 10.2. The van der Waals surface area contributed by atoms with E-state index in [-0.39, 0.29) is 24.6 Å². The molecule has 1 heterocycles. The first-order chi connectivity index (χ1) is 15.9. The van der Waals surface area contributed by atoms with E-state index < -0.39 is 18.5 Å². The molecule has 0 atom stereocenters. The second-order valence-electron chi connectivity index (χ2n) is 6.86. The van der Waals surface area contributed by atoms with Crippen molar-refractivity contribution < 1.29 is 33.1 Å². The standard InChI is InChI=1S/C23H23N3O7/c1-15-13-20(26-33-15)25-22(28)14-31-23(29)12-11-21(27)24-16-7-9-17(10-8-16)32-19-6-4-3-5-18(19)30-2/h3-10,13H,11-12,14H2,1-2H3,(H,24,27)(H,25,26,28). The van der Waals surface area contributed by atoms with Gasteiger partial charge in [-0.15, -0.1) is 0 Å². The molecule has 0 fully saturated rings. The smallest absolute Gasteiger partial charge is 0.306 e. The number of aryl methyl sites for hydroxylation is 1. The molecule has 0 saturated heterocycles. The van der Waals surface area contributed by atoms with Crippen molar-refractivity contribution in [2.75, 3.05) is 24.4 Å². The Morgan fingerprint density at radius 1 is 0.939 bits per heavy atom. The molecule has 0 radical (unpaired) electrons. The normalized spacial score (nSPS) is 10.2. The average Bonchev–Trinajstić information content (AvgIpc) is 3.22. The Kier molecular flexibility index (Phi) is 8.01. The number of benzene rings is 2. The predicted molar refractivity (Wildman–Crippen MR) is 118 cm³/mol. The highest BCUT2D eigenvalue weighted by Crippen LogP contribution is 2.31. The summed E-state index contributed by atoms with van der Waals surface area (Å²) in [5.41, 5.74) is 0.544. The topological polar surface area (TPSA) is 129 Å². The minimum Gasteiger partial charge on any atom is -0.493 e. The van der Waals surface area contributed by atoms with E-state index in [9.17, 15) is 14.4 Å². The van der Waals surface area contributed by atoms with Gasteiger partial charge < -0.3 is 29.4 Å². The molecule has 0 aliphatic rings. The number of para-hydroxylation sites is 2. The van der Waals surface area contributed by atoms with E-state index in [1.165, 1.54) is 6.07 Å². The summed E-state index contributed by atoms with van der Waals surface area (Å²) in [5, 5.41) is 8.71. The average molecular weight is 453 g/mol. The summed E-state index contributed by atoms with van der Waals surface area (Å²) in [4.78, 5) is 35.6. The fourth-order valence-electron chi connectivity index (χ4n) is 2.70. The maximum Gasteiger partial charge on any atom is 0.306 e. The zero-order valence-corrected chi connectivity index (χ0v) is 18.1. The lowest BCUT2D eigenvalue weighted by Gasteiger charge is -2.11. The van der Waals surface area contributed by atoms with Crippen LogP contribution in [0.2, 0.25) is 0 Å². The fourth-order valence-corrected chi connectivity index (χ4v) is 2.70. The number of hydrogen-bond donors (Lipinski definition) is 2. The van der Waals surface area contributed by atoms with Gasteiger partial charge in [-0.05, 0) is 43.3 Å². The molecule has 1 aromatic heterocycles. The van der Waals surface area contributed by atoms with Crippen LogP contribution in [-0.4, -0.2) is 36.7 Å². The number of carbonyl (C=O) groups is 3. The Hall–Kier alpha value is -4.34. The molecule has 33 heavy (non-hydrogen) atoms. The van der Waals surface area contributed by atoms with Gasteiger partial charge in [0.25, 0.3) is 5.91 Å². The molecule has 0 saturated carbocycles. The summed E-state index contributed by atoms with van der Waals surface area (Å²) in [6, 6.07) is 15.5. The predicted octanol–water partition coefficient (Wildman–Crippen LogP) is 3.68. The quantitative estimate of drug-likeness (QED) is 0.445. The number of rotatable bonds is 10. The Balaban J connectivity index is 1.38. The van der Waals surface area contributed by atoms with Gasteiger partial charge in [0.2, 0.25) is 5.91 Å². The van der Waals surface area contributed by atoms with Gasteiger partial charge in [-0.25, -0.2) is 0 Å². The lowest BCUT2D eigenvalue weighted by molar-refractivity contribution is -0.147. The van der Waals surface area contributed by atoms with Crippen LogP contribution in [0.5, 0.6) is 17.2 Å². The first kappa shape index (κ1) is 23.3. The molecule has 172 valence electrons. The number of anilines is 2. The summed E-state index contributed by atoms with van der Waals surface area (Å²) >= 11 is 0. The van der Waals surface area contributed by atoms with Gasteiger partial charge in [0.05, 0.1) is 13.5 Å². The number of amides is 2. The number of methoxy groups -OCH3 is 1. The van der Waals surface area contributed by atoms with Crippen molar-refractivity contribution in [1.29, 1.82) is 0 Å². The monoisotopic (exact) mass is 453 g/mol. The Morgan fingerprint density at radius 2 is 1.67 bits per heavy atom. The summed E-state index contributed by atoms with van der Waals surface area (Å²) in [6.45, 7) is 1.19. The van der Waals surface area contributed by atoms with Crippen LogP contribution in [-0.2, 0) is 19.1 Å². The molecule has 0 unspecified atom stereocenters. The minimum absolute atomic E-state index is 0.0948. The van der Waals surface area contributed by atoms with Gasteiger partial charge in [-0.1, -0.05) is 17.3 Å². The minimum atomic E-state index is -0.669. The van der Waals surface area contributed by atoms with Gasteiger partial charge in [0.15, 0.2) is 23.9 Å². The molecular weight excluding hydrogens is 430 g/mol. The third-order valence-electron chi connectivity index (χ3n) is 4.25. The largest absolute Gasteiger partial charge is 0.493 e. The molecule has 0 aliphatic carbocycles. The van der Waals surface area contributed by atoms with E-state index in [2.05, 4.69) is 15.8 Å². The van der Waals surface area contributed by atoms with Crippen molar-refractivity contribution in [1.82, 2.24) is 5.16 Å². The van der Waals surface area contributed by atoms with Crippen molar-refractivity contribution in [2.24, 2.45) is 0 Å². The third kappa shape index (κ3) is 7.39. The van der Waals surface area contributed by atoms with Crippen LogP contribution in [0.15, 0.2) is 59.1 Å². The van der Waals surface area contributed by atoms with E-state index in [0.29, 0.717) is 28.7 Å². The highest BCUT2D eigenvalue weighted by Gasteiger charge is 2.12. The number of carbonyl (C=O) groups excluding carboxylic acids is 3. The van der Waals surface area contributed by atoms with Crippen LogP contribution in [0.25, 0.3) is 0 Å². The summed E-state index contributed by atoms with van der Waals surface area (Å²) in [5.74, 6) is 0.911.